The highest BCUT2D eigenvalue weighted by molar-refractivity contribution is 7.00. The summed E-state index contributed by atoms with van der Waals surface area (Å²) in [5.41, 5.74) is 30.7. The first-order valence-corrected chi connectivity index (χ1v) is 46.3. The molecule has 0 N–H and O–H groups in total. The summed E-state index contributed by atoms with van der Waals surface area (Å²) in [6.45, 7) is 76.5. The minimum atomic E-state index is -0.572. The molecule has 15 aromatic rings. The minimum absolute atomic E-state index is 0.0146. The number of hydrogen-bond acceptors (Lipinski definition) is 2. The van der Waals surface area contributed by atoms with Gasteiger partial charge in [-0.2, -0.15) is 0 Å². The molecule has 0 spiro atoms. The Morgan fingerprint density at radius 2 is 0.528 bits per heavy atom. The van der Waals surface area contributed by atoms with Crippen LogP contribution in [0.2, 0.25) is 0 Å². The van der Waals surface area contributed by atoms with Crippen LogP contribution >= 0.6 is 0 Å². The molecule has 0 saturated heterocycles. The summed E-state index contributed by atoms with van der Waals surface area (Å²) in [5, 5.41) is 2.40. The Balaban J connectivity index is 1.16. The average Bonchev–Trinajstić information content (AvgIpc) is 0.763. The Hall–Kier alpha value is -10.9. The highest BCUT2D eigenvalue weighted by Gasteiger charge is 2.48. The SMILES string of the molecule is [2H]c1c([2H])c([2H])c2c(c1[2H])c1c([2H])c([2H])c([2H])c([2H])c1n2-c1ccc2c(c1)N(c1c(-c3ccc(C(C)(C)C)cc3)cc(C(C)(C)C)cc1-c1c(C(C)(C)C)cccc1C(C)(C)C)c1cc(C(C)(C)C)cc3c1B2c1ccc(-n2c4ccc(C(C)(C)C)cc4c4cc(C(C)(C)C)ccc42)cc1N3c1c(-c2ccc(C(C)(C)C)cc2)cc(C(C)(C)C)cc1-c1c(C(C)(C)C)cccc1C(C)(C)C. The molecule has 2 aliphatic heterocycles. The Kier molecular flexibility index (Phi) is 18.4. The van der Waals surface area contributed by atoms with Crippen LogP contribution in [0.1, 0.15) is 301 Å². The third kappa shape index (κ3) is 15.4. The molecule has 0 saturated carbocycles. The molecule has 13 aromatic carbocycles. The highest BCUT2D eigenvalue weighted by Crippen LogP contribution is 2.59. The van der Waals surface area contributed by atoms with E-state index < -0.39 is 52.5 Å². The first-order valence-electron chi connectivity index (χ1n) is 50.3. The van der Waals surface area contributed by atoms with E-state index in [9.17, 15) is 11.0 Å². The van der Waals surface area contributed by atoms with E-state index in [1.807, 2.05) is 6.07 Å². The van der Waals surface area contributed by atoms with E-state index in [0.717, 1.165) is 117 Å². The number of para-hydroxylation sites is 2. The van der Waals surface area contributed by atoms with E-state index in [4.69, 9.17) is 0 Å². The third-order valence-electron chi connectivity index (χ3n) is 27.4. The van der Waals surface area contributed by atoms with Crippen LogP contribution in [0.4, 0.5) is 34.1 Å². The zero-order chi connectivity index (χ0) is 98.6. The van der Waals surface area contributed by atoms with Crippen molar-refractivity contribution in [3.63, 3.8) is 0 Å². The van der Waals surface area contributed by atoms with Crippen LogP contribution in [0, 0.1) is 0 Å². The van der Waals surface area contributed by atoms with Gasteiger partial charge in [-0.05, 0) is 256 Å². The number of anilines is 6. The minimum Gasteiger partial charge on any atom is -0.310 e. The lowest BCUT2D eigenvalue weighted by molar-refractivity contribution is 0.570. The summed E-state index contributed by atoms with van der Waals surface area (Å²) in [4.78, 5) is 5.34. The van der Waals surface area contributed by atoms with Crippen molar-refractivity contribution in [3.8, 4) is 55.9 Å². The van der Waals surface area contributed by atoms with Crippen molar-refractivity contribution in [2.75, 3.05) is 9.80 Å². The maximum Gasteiger partial charge on any atom is 0.252 e. The third-order valence-corrected chi connectivity index (χ3v) is 27.4. The van der Waals surface area contributed by atoms with Gasteiger partial charge >= 0.3 is 0 Å². The normalized spacial score (nSPS) is 14.9. The number of aromatic nitrogens is 2. The van der Waals surface area contributed by atoms with Crippen molar-refractivity contribution in [2.45, 2.75) is 288 Å². The van der Waals surface area contributed by atoms with Gasteiger partial charge in [-0.3, -0.25) is 0 Å². The van der Waals surface area contributed by atoms with Crippen molar-refractivity contribution >= 4 is 101 Å². The molecule has 0 bridgehead atoms. The Morgan fingerprint density at radius 3 is 0.843 bits per heavy atom. The Bertz CT molecular complexity index is 7230. The molecule has 4 heterocycles. The highest BCUT2D eigenvalue weighted by atomic mass is 15.2. The standard InChI is InChI=1S/C122H139BN4/c1-112(2,3)76-52-48-74(49-53-76)87-66-80(116(13,14)15)68-91(107-93(119(22,23)24)42-38-43-94(107)120(25,26)27)110(87)126-103-72-83(124-99-46-36-34-40-85(99)86-41-35-37-47-100(86)124)58-60-97(103)123-98-61-59-84(125-101-62-56-78(114(7,8)9)64-89(101)90-65-79(115(10,11)12)57-63-102(90)125)73-104(98)127(106-71-82(118(19,20)21)70-105(126)109(106)123)111-88(75-50-54-77(55-51-75)113(4,5)6)67-81(117(16,17)18)69-92(111)108-95(121(28,29)30)44-39-45-96(108)122(31,32)33/h34-73H,1-33H3/i34D,35D,36D,37D,40D,41D,46D,47D. The summed E-state index contributed by atoms with van der Waals surface area (Å²) >= 11 is 0. The monoisotopic (exact) mass is 1680 g/mol. The molecule has 4 nitrogen and oxygen atoms in total. The van der Waals surface area contributed by atoms with E-state index in [1.54, 1.807) is 4.57 Å². The van der Waals surface area contributed by atoms with Crippen molar-refractivity contribution in [1.82, 2.24) is 9.13 Å². The molecule has 0 amide bonds. The Morgan fingerprint density at radius 1 is 0.236 bits per heavy atom. The number of rotatable bonds is 8. The van der Waals surface area contributed by atoms with Gasteiger partial charge in [-0.25, -0.2) is 0 Å². The molecule has 0 aliphatic carbocycles. The maximum atomic E-state index is 10.2. The van der Waals surface area contributed by atoms with Gasteiger partial charge in [-0.15, -0.1) is 0 Å². The van der Waals surface area contributed by atoms with Crippen LogP contribution < -0.4 is 26.2 Å². The first kappa shape index (κ1) is 78.4. The Labute approximate surface area is 773 Å². The van der Waals surface area contributed by atoms with E-state index in [1.165, 1.54) is 66.4 Å². The van der Waals surface area contributed by atoms with Crippen LogP contribution in [0.25, 0.3) is 99.5 Å². The molecule has 2 aliphatic rings. The van der Waals surface area contributed by atoms with Crippen molar-refractivity contribution in [2.24, 2.45) is 0 Å². The van der Waals surface area contributed by atoms with Crippen molar-refractivity contribution in [3.05, 3.63) is 304 Å². The summed E-state index contributed by atoms with van der Waals surface area (Å²) in [5.74, 6) is 0. The lowest BCUT2D eigenvalue weighted by Gasteiger charge is -2.47. The molecule has 0 unspecified atom stereocenters. The lowest BCUT2D eigenvalue weighted by Crippen LogP contribution is -2.61. The molecule has 650 valence electrons. The van der Waals surface area contributed by atoms with Crippen LogP contribution in [0.5, 0.6) is 0 Å². The number of benzene rings is 13. The molecule has 2 aromatic heterocycles. The van der Waals surface area contributed by atoms with Crippen molar-refractivity contribution in [1.29, 1.82) is 0 Å². The summed E-state index contributed by atoms with van der Waals surface area (Å²) < 4.78 is 82.3. The van der Waals surface area contributed by atoms with E-state index >= 15 is 0 Å². The fourth-order valence-corrected chi connectivity index (χ4v) is 20.0. The summed E-state index contributed by atoms with van der Waals surface area (Å²) in [7, 11) is 0. The van der Waals surface area contributed by atoms with Gasteiger partial charge in [-0.1, -0.05) is 374 Å². The van der Waals surface area contributed by atoms with Crippen LogP contribution in [0.3, 0.4) is 0 Å². The number of fused-ring (bicyclic) bond motifs is 10. The lowest BCUT2D eigenvalue weighted by atomic mass is 9.33. The smallest absolute Gasteiger partial charge is 0.252 e. The summed E-state index contributed by atoms with van der Waals surface area (Å²) in [6, 6.07) is 72.5. The quantitative estimate of drug-likeness (QED) is 0.141. The van der Waals surface area contributed by atoms with Gasteiger partial charge in [0.05, 0.1) is 44.4 Å². The molecular formula is C122H139BN4. The molecule has 5 heteroatoms. The molecule has 0 fully saturated rings. The van der Waals surface area contributed by atoms with Crippen LogP contribution in [0.15, 0.2) is 242 Å². The van der Waals surface area contributed by atoms with Gasteiger partial charge in [0.1, 0.15) is 0 Å². The second-order valence-electron chi connectivity index (χ2n) is 48.3. The van der Waals surface area contributed by atoms with Gasteiger partial charge in [0, 0.05) is 77.9 Å². The number of hydrogen-bond donors (Lipinski definition) is 0. The fourth-order valence-electron chi connectivity index (χ4n) is 20.0. The van der Waals surface area contributed by atoms with Crippen molar-refractivity contribution < 1.29 is 11.0 Å². The van der Waals surface area contributed by atoms with Crippen LogP contribution in [-0.4, -0.2) is 15.8 Å². The number of nitrogens with zero attached hydrogens (tertiary/aromatic N) is 4. The predicted octanol–water partition coefficient (Wildman–Crippen LogP) is 32.9. The molecule has 17 rings (SSSR count). The van der Waals surface area contributed by atoms with Gasteiger partial charge < -0.3 is 18.9 Å². The molecule has 0 radical (unpaired) electrons. The van der Waals surface area contributed by atoms with Crippen LogP contribution in [-0.2, 0) is 59.6 Å². The zero-order valence-corrected chi connectivity index (χ0v) is 82.3. The first-order chi connectivity index (χ1) is 62.3. The maximum absolute atomic E-state index is 10.2. The second-order valence-corrected chi connectivity index (χ2v) is 48.3. The fraction of sp³-hybridized carbons (Fsp3) is 0.361. The topological polar surface area (TPSA) is 16.3 Å². The zero-order valence-electron chi connectivity index (χ0n) is 90.3. The van der Waals surface area contributed by atoms with E-state index in [2.05, 4.69) is 431 Å². The van der Waals surface area contributed by atoms with Gasteiger partial charge in [0.25, 0.3) is 6.71 Å². The summed E-state index contributed by atoms with van der Waals surface area (Å²) in [6.07, 6.45) is 0. The van der Waals surface area contributed by atoms with Gasteiger partial charge in [0.15, 0.2) is 0 Å². The van der Waals surface area contributed by atoms with Gasteiger partial charge in [0.2, 0.25) is 0 Å². The predicted molar refractivity (Wildman–Crippen MR) is 557 cm³/mol. The second kappa shape index (κ2) is 29.9. The van der Waals surface area contributed by atoms with E-state index in [-0.39, 0.29) is 83.9 Å². The molecular weight excluding hydrogens is 1530 g/mol. The molecule has 127 heavy (non-hydrogen) atoms. The molecule has 0 atom stereocenters. The van der Waals surface area contributed by atoms with E-state index in [0.29, 0.717) is 5.69 Å². The largest absolute Gasteiger partial charge is 0.310 e. The average molecular weight is 1680 g/mol.